The fourth-order valence-corrected chi connectivity index (χ4v) is 9.03. The van der Waals surface area contributed by atoms with Crippen LogP contribution in [0.4, 0.5) is 17.1 Å². The van der Waals surface area contributed by atoms with E-state index >= 15 is 0 Å². The van der Waals surface area contributed by atoms with E-state index in [2.05, 4.69) is 195 Å². The van der Waals surface area contributed by atoms with Gasteiger partial charge in [0, 0.05) is 32.8 Å². The van der Waals surface area contributed by atoms with Crippen molar-refractivity contribution in [3.8, 4) is 22.3 Å². The number of rotatable bonds is 4. The molecule has 9 aromatic carbocycles. The molecule has 0 spiro atoms. The second-order valence-electron chi connectivity index (χ2n) is 14.9. The van der Waals surface area contributed by atoms with E-state index in [4.69, 9.17) is 4.42 Å². The first-order valence-electron chi connectivity index (χ1n) is 18.4. The molecule has 2 heteroatoms. The lowest BCUT2D eigenvalue weighted by molar-refractivity contribution is 0.660. The third-order valence-electron chi connectivity index (χ3n) is 11.6. The van der Waals surface area contributed by atoms with Crippen LogP contribution in [0, 0.1) is 0 Å². The molecule has 1 aliphatic rings. The second-order valence-corrected chi connectivity index (χ2v) is 14.9. The zero-order valence-corrected chi connectivity index (χ0v) is 29.6. The minimum Gasteiger partial charge on any atom is -0.453 e. The molecule has 250 valence electrons. The van der Waals surface area contributed by atoms with Gasteiger partial charge in [0.15, 0.2) is 5.58 Å². The van der Waals surface area contributed by atoms with Crippen molar-refractivity contribution >= 4 is 71.3 Å². The lowest BCUT2D eigenvalue weighted by atomic mass is 9.82. The van der Waals surface area contributed by atoms with E-state index in [1.54, 1.807) is 0 Å². The van der Waals surface area contributed by atoms with Gasteiger partial charge in [-0.1, -0.05) is 153 Å². The van der Waals surface area contributed by atoms with E-state index in [9.17, 15) is 0 Å². The number of benzene rings is 9. The Morgan fingerprint density at radius 3 is 1.96 bits per heavy atom. The molecular formula is C51H35NO. The fourth-order valence-electron chi connectivity index (χ4n) is 9.03. The van der Waals surface area contributed by atoms with Crippen LogP contribution in [0.15, 0.2) is 180 Å². The van der Waals surface area contributed by atoms with Gasteiger partial charge in [0.2, 0.25) is 0 Å². The van der Waals surface area contributed by atoms with E-state index < -0.39 is 0 Å². The fraction of sp³-hybridized carbons (Fsp3) is 0.0588. The van der Waals surface area contributed by atoms with E-state index in [1.165, 1.54) is 54.6 Å². The molecule has 10 aromatic rings. The van der Waals surface area contributed by atoms with Gasteiger partial charge in [-0.25, -0.2) is 0 Å². The monoisotopic (exact) mass is 677 g/mol. The van der Waals surface area contributed by atoms with Crippen molar-refractivity contribution in [3.63, 3.8) is 0 Å². The molecule has 11 rings (SSSR count). The topological polar surface area (TPSA) is 16.4 Å². The predicted molar refractivity (Wildman–Crippen MR) is 224 cm³/mol. The first kappa shape index (κ1) is 30.0. The van der Waals surface area contributed by atoms with Crippen molar-refractivity contribution < 1.29 is 4.42 Å². The molecule has 1 aliphatic carbocycles. The maximum absolute atomic E-state index is 7.27. The Hall–Kier alpha value is -6.64. The number of furan rings is 1. The van der Waals surface area contributed by atoms with Crippen molar-refractivity contribution in [2.24, 2.45) is 0 Å². The van der Waals surface area contributed by atoms with Gasteiger partial charge in [0.05, 0.1) is 11.4 Å². The van der Waals surface area contributed by atoms with Crippen LogP contribution in [0.2, 0.25) is 0 Å². The van der Waals surface area contributed by atoms with Crippen LogP contribution in [-0.4, -0.2) is 0 Å². The summed E-state index contributed by atoms with van der Waals surface area (Å²) in [7, 11) is 0. The summed E-state index contributed by atoms with van der Waals surface area (Å²) in [5.74, 6) is 0. The van der Waals surface area contributed by atoms with Crippen molar-refractivity contribution in [3.05, 3.63) is 187 Å². The Bertz CT molecular complexity index is 3100. The molecule has 0 atom stereocenters. The zero-order chi connectivity index (χ0) is 35.3. The average molecular weight is 678 g/mol. The summed E-state index contributed by atoms with van der Waals surface area (Å²) in [6.45, 7) is 4.70. The Morgan fingerprint density at radius 1 is 0.415 bits per heavy atom. The minimum atomic E-state index is -0.132. The first-order chi connectivity index (χ1) is 26.0. The highest BCUT2D eigenvalue weighted by Crippen LogP contribution is 2.52. The lowest BCUT2D eigenvalue weighted by Crippen LogP contribution is -2.16. The van der Waals surface area contributed by atoms with Crippen molar-refractivity contribution in [2.45, 2.75) is 19.3 Å². The highest BCUT2D eigenvalue weighted by atomic mass is 16.3. The number of para-hydroxylation sites is 1. The Balaban J connectivity index is 1.21. The molecule has 0 N–H and O–H groups in total. The van der Waals surface area contributed by atoms with E-state index in [-0.39, 0.29) is 5.41 Å². The normalized spacial score (nSPS) is 13.2. The molecule has 0 amide bonds. The van der Waals surface area contributed by atoms with Crippen LogP contribution < -0.4 is 4.90 Å². The zero-order valence-electron chi connectivity index (χ0n) is 29.6. The summed E-state index contributed by atoms with van der Waals surface area (Å²) in [5, 5.41) is 9.43. The molecule has 0 bridgehead atoms. The van der Waals surface area contributed by atoms with Crippen LogP contribution in [-0.2, 0) is 5.41 Å². The summed E-state index contributed by atoms with van der Waals surface area (Å²) in [6, 6.07) is 64.1. The summed E-state index contributed by atoms with van der Waals surface area (Å²) >= 11 is 0. The van der Waals surface area contributed by atoms with E-state index in [1.807, 2.05) is 0 Å². The molecule has 0 aliphatic heterocycles. The van der Waals surface area contributed by atoms with Crippen molar-refractivity contribution in [1.29, 1.82) is 0 Å². The van der Waals surface area contributed by atoms with Gasteiger partial charge in [-0.15, -0.1) is 0 Å². The van der Waals surface area contributed by atoms with Crippen LogP contribution in [0.1, 0.15) is 25.0 Å². The molecule has 0 unspecified atom stereocenters. The van der Waals surface area contributed by atoms with Gasteiger partial charge in [-0.05, 0) is 91.1 Å². The van der Waals surface area contributed by atoms with E-state index in [0.29, 0.717) is 0 Å². The Labute approximate surface area is 308 Å². The second kappa shape index (κ2) is 11.2. The SMILES string of the molecule is CC1(C)c2ccccc2-c2ccc(N(c3cccc4ccccc34)c3cccc4c3oc3c(-c5ccc6ccccc6c5)c5ccccc5cc34)cc21. The lowest BCUT2D eigenvalue weighted by Gasteiger charge is -2.29. The summed E-state index contributed by atoms with van der Waals surface area (Å²) < 4.78 is 7.27. The molecule has 0 radical (unpaired) electrons. The minimum absolute atomic E-state index is 0.132. The van der Waals surface area contributed by atoms with Crippen LogP contribution in [0.5, 0.6) is 0 Å². The van der Waals surface area contributed by atoms with Crippen LogP contribution in [0.25, 0.3) is 76.5 Å². The maximum atomic E-state index is 7.27. The Kier molecular flexibility index (Phi) is 6.33. The van der Waals surface area contributed by atoms with E-state index in [0.717, 1.165) is 50.1 Å². The molecule has 1 heterocycles. The molecule has 0 saturated carbocycles. The highest BCUT2D eigenvalue weighted by molar-refractivity contribution is 6.21. The molecule has 0 saturated heterocycles. The highest BCUT2D eigenvalue weighted by Gasteiger charge is 2.36. The molecule has 1 aromatic heterocycles. The quantitative estimate of drug-likeness (QED) is 0.184. The van der Waals surface area contributed by atoms with Gasteiger partial charge in [0.1, 0.15) is 5.58 Å². The van der Waals surface area contributed by atoms with Crippen LogP contribution >= 0.6 is 0 Å². The molecular weight excluding hydrogens is 643 g/mol. The summed E-state index contributed by atoms with van der Waals surface area (Å²) in [6.07, 6.45) is 0. The van der Waals surface area contributed by atoms with Crippen LogP contribution in [0.3, 0.4) is 0 Å². The third-order valence-corrected chi connectivity index (χ3v) is 11.6. The number of hydrogen-bond acceptors (Lipinski definition) is 2. The number of hydrogen-bond donors (Lipinski definition) is 0. The molecule has 2 nitrogen and oxygen atoms in total. The largest absolute Gasteiger partial charge is 0.453 e. The van der Waals surface area contributed by atoms with Crippen molar-refractivity contribution in [1.82, 2.24) is 0 Å². The average Bonchev–Trinajstić information content (AvgIpc) is 3.69. The number of nitrogens with zero attached hydrogens (tertiary/aromatic N) is 1. The van der Waals surface area contributed by atoms with Gasteiger partial charge in [0.25, 0.3) is 0 Å². The first-order valence-corrected chi connectivity index (χ1v) is 18.4. The van der Waals surface area contributed by atoms with Crippen molar-refractivity contribution in [2.75, 3.05) is 4.90 Å². The van der Waals surface area contributed by atoms with Gasteiger partial charge in [-0.3, -0.25) is 0 Å². The van der Waals surface area contributed by atoms with Gasteiger partial charge < -0.3 is 9.32 Å². The standard InChI is InChI=1S/C51H35NO/c1-51(2)44-22-10-9-20-40(44)41-28-27-37(31-45(41)51)52(46-23-11-17-33-14-5-7-18-38(33)46)47-24-12-21-42-43-30-35-16-6-8-19-39(35)48(50(43)53-49(42)47)36-26-25-32-13-3-4-15-34(32)29-36/h3-31H,1-2H3. The predicted octanol–water partition coefficient (Wildman–Crippen LogP) is 14.5. The summed E-state index contributed by atoms with van der Waals surface area (Å²) in [5.41, 5.74) is 12.5. The van der Waals surface area contributed by atoms with Gasteiger partial charge in [-0.2, -0.15) is 0 Å². The smallest absolute Gasteiger partial charge is 0.159 e. The molecule has 0 fully saturated rings. The molecule has 53 heavy (non-hydrogen) atoms. The number of fused-ring (bicyclic) bond motifs is 9. The third kappa shape index (κ3) is 4.39. The van der Waals surface area contributed by atoms with Gasteiger partial charge >= 0.3 is 0 Å². The maximum Gasteiger partial charge on any atom is 0.159 e. The number of anilines is 3. The Morgan fingerprint density at radius 2 is 1.08 bits per heavy atom. The summed E-state index contributed by atoms with van der Waals surface area (Å²) in [4.78, 5) is 2.42.